The van der Waals surface area contributed by atoms with Gasteiger partial charge in [-0.25, -0.2) is 4.39 Å². The first-order valence-electron chi connectivity index (χ1n) is 6.63. The van der Waals surface area contributed by atoms with Crippen molar-refractivity contribution in [3.8, 4) is 0 Å². The maximum Gasteiger partial charge on any atom is 0.126 e. The molecule has 1 aliphatic carbocycles. The lowest BCUT2D eigenvalue weighted by Gasteiger charge is -2.21. The van der Waals surface area contributed by atoms with Crippen LogP contribution in [0.3, 0.4) is 0 Å². The highest BCUT2D eigenvalue weighted by atomic mass is 19.1. The van der Waals surface area contributed by atoms with Gasteiger partial charge in [0.15, 0.2) is 0 Å². The zero-order valence-corrected chi connectivity index (χ0v) is 10.7. The Bertz CT molecular complexity index is 358. The van der Waals surface area contributed by atoms with Gasteiger partial charge in [-0.05, 0) is 49.3 Å². The van der Waals surface area contributed by atoms with Crippen LogP contribution in [0.5, 0.6) is 0 Å². The highest BCUT2D eigenvalue weighted by Crippen LogP contribution is 2.22. The molecule has 17 heavy (non-hydrogen) atoms. The van der Waals surface area contributed by atoms with Crippen LogP contribution in [0.15, 0.2) is 24.3 Å². The molecular weight excluding hydrogens is 213 g/mol. The highest BCUT2D eigenvalue weighted by molar-refractivity contribution is 5.18. The van der Waals surface area contributed by atoms with E-state index in [2.05, 4.69) is 19.2 Å². The van der Waals surface area contributed by atoms with Crippen LogP contribution in [-0.4, -0.2) is 12.6 Å². The Kier molecular flexibility index (Phi) is 4.16. The molecule has 1 aromatic rings. The van der Waals surface area contributed by atoms with E-state index in [4.69, 9.17) is 0 Å². The van der Waals surface area contributed by atoms with Crippen molar-refractivity contribution in [1.29, 1.82) is 0 Å². The van der Waals surface area contributed by atoms with Crippen molar-refractivity contribution >= 4 is 0 Å². The van der Waals surface area contributed by atoms with Gasteiger partial charge in [-0.2, -0.15) is 0 Å². The molecule has 1 unspecified atom stereocenters. The Morgan fingerprint density at radius 1 is 1.29 bits per heavy atom. The molecule has 1 aliphatic rings. The molecule has 1 fully saturated rings. The van der Waals surface area contributed by atoms with Crippen LogP contribution in [0.25, 0.3) is 0 Å². The molecule has 0 amide bonds. The summed E-state index contributed by atoms with van der Waals surface area (Å²) < 4.78 is 13.6. The summed E-state index contributed by atoms with van der Waals surface area (Å²) in [7, 11) is 0. The summed E-state index contributed by atoms with van der Waals surface area (Å²) in [4.78, 5) is 0. The van der Waals surface area contributed by atoms with E-state index < -0.39 is 0 Å². The molecule has 1 atom stereocenters. The second-order valence-electron chi connectivity index (χ2n) is 5.48. The fourth-order valence-corrected chi connectivity index (χ4v) is 2.10. The molecule has 2 heteroatoms. The molecule has 1 nitrogen and oxygen atoms in total. The molecule has 0 spiro atoms. The van der Waals surface area contributed by atoms with Gasteiger partial charge in [0.05, 0.1) is 0 Å². The van der Waals surface area contributed by atoms with E-state index in [0.29, 0.717) is 11.8 Å². The largest absolute Gasteiger partial charge is 0.314 e. The fraction of sp³-hybridized carbons (Fsp3) is 0.600. The third kappa shape index (κ3) is 3.81. The van der Waals surface area contributed by atoms with Crippen molar-refractivity contribution < 1.29 is 4.39 Å². The Balaban J connectivity index is 1.93. The maximum atomic E-state index is 13.6. The van der Waals surface area contributed by atoms with E-state index in [9.17, 15) is 4.39 Å². The lowest BCUT2D eigenvalue weighted by atomic mass is 9.89. The minimum atomic E-state index is -0.0652. The van der Waals surface area contributed by atoms with Gasteiger partial charge in [-0.15, -0.1) is 0 Å². The highest BCUT2D eigenvalue weighted by Gasteiger charge is 2.23. The second-order valence-corrected chi connectivity index (χ2v) is 5.48. The third-order valence-electron chi connectivity index (χ3n) is 3.63. The summed E-state index contributed by atoms with van der Waals surface area (Å²) >= 11 is 0. The average Bonchev–Trinajstić information content (AvgIpc) is 3.10. The Morgan fingerprint density at radius 3 is 2.59 bits per heavy atom. The molecule has 2 rings (SSSR count). The molecule has 0 radical (unpaired) electrons. The van der Waals surface area contributed by atoms with Gasteiger partial charge in [0, 0.05) is 6.04 Å². The van der Waals surface area contributed by atoms with Crippen LogP contribution < -0.4 is 5.32 Å². The lowest BCUT2D eigenvalue weighted by molar-refractivity contribution is 0.355. The van der Waals surface area contributed by atoms with E-state index in [-0.39, 0.29) is 5.82 Å². The number of nitrogens with one attached hydrogen (secondary N) is 1. The van der Waals surface area contributed by atoms with Gasteiger partial charge in [-0.3, -0.25) is 0 Å². The normalized spacial score (nSPS) is 17.4. The van der Waals surface area contributed by atoms with Crippen molar-refractivity contribution in [2.45, 2.75) is 39.2 Å². The van der Waals surface area contributed by atoms with Gasteiger partial charge in [0.1, 0.15) is 5.82 Å². The number of hydrogen-bond acceptors (Lipinski definition) is 1. The summed E-state index contributed by atoms with van der Waals surface area (Å²) in [6.07, 6.45) is 3.46. The quantitative estimate of drug-likeness (QED) is 0.797. The Hall–Kier alpha value is -0.890. The molecule has 0 saturated heterocycles. The topological polar surface area (TPSA) is 12.0 Å². The van der Waals surface area contributed by atoms with Crippen LogP contribution in [0, 0.1) is 17.7 Å². The van der Waals surface area contributed by atoms with Crippen LogP contribution in [-0.2, 0) is 6.42 Å². The Morgan fingerprint density at radius 2 is 2.00 bits per heavy atom. The molecular formula is C15H22FN. The van der Waals surface area contributed by atoms with E-state index in [1.54, 1.807) is 12.1 Å². The first-order chi connectivity index (χ1) is 8.16. The summed E-state index contributed by atoms with van der Waals surface area (Å²) in [6, 6.07) is 7.87. The third-order valence-corrected chi connectivity index (χ3v) is 3.63. The summed E-state index contributed by atoms with van der Waals surface area (Å²) in [6.45, 7) is 5.46. The summed E-state index contributed by atoms with van der Waals surface area (Å²) in [5.74, 6) is 1.04. The first-order valence-corrected chi connectivity index (χ1v) is 6.63. The van der Waals surface area contributed by atoms with Crippen LogP contribution in [0.4, 0.5) is 4.39 Å². The molecule has 0 heterocycles. The molecule has 0 bridgehead atoms. The molecule has 1 N–H and O–H groups in total. The number of hydrogen-bond donors (Lipinski definition) is 1. The predicted molar refractivity (Wildman–Crippen MR) is 69.5 cm³/mol. The van der Waals surface area contributed by atoms with Crippen molar-refractivity contribution in [1.82, 2.24) is 5.32 Å². The molecule has 1 aromatic carbocycles. The second kappa shape index (κ2) is 5.63. The van der Waals surface area contributed by atoms with Gasteiger partial charge >= 0.3 is 0 Å². The van der Waals surface area contributed by atoms with E-state index in [1.807, 2.05) is 12.1 Å². The number of halogens is 1. The molecule has 1 saturated carbocycles. The van der Waals surface area contributed by atoms with Crippen LogP contribution >= 0.6 is 0 Å². The summed E-state index contributed by atoms with van der Waals surface area (Å²) in [5, 5.41) is 3.56. The van der Waals surface area contributed by atoms with E-state index in [1.165, 1.54) is 12.8 Å². The van der Waals surface area contributed by atoms with E-state index >= 15 is 0 Å². The minimum Gasteiger partial charge on any atom is -0.314 e. The predicted octanol–water partition coefficient (Wildman–Crippen LogP) is 3.39. The minimum absolute atomic E-state index is 0.0652. The summed E-state index contributed by atoms with van der Waals surface area (Å²) in [5.41, 5.74) is 0.851. The molecule has 94 valence electrons. The van der Waals surface area contributed by atoms with Crippen LogP contribution in [0.2, 0.25) is 0 Å². The zero-order chi connectivity index (χ0) is 12.3. The van der Waals surface area contributed by atoms with Gasteiger partial charge in [0.2, 0.25) is 0 Å². The van der Waals surface area contributed by atoms with Crippen molar-refractivity contribution in [2.24, 2.45) is 11.8 Å². The smallest absolute Gasteiger partial charge is 0.126 e. The Labute approximate surface area is 103 Å². The van der Waals surface area contributed by atoms with Crippen molar-refractivity contribution in [3.63, 3.8) is 0 Å². The fourth-order valence-electron chi connectivity index (χ4n) is 2.10. The van der Waals surface area contributed by atoms with Gasteiger partial charge in [0.25, 0.3) is 0 Å². The zero-order valence-electron chi connectivity index (χ0n) is 10.7. The maximum absolute atomic E-state index is 13.6. The first kappa shape index (κ1) is 12.6. The standard InChI is InChI=1S/C15H22FN/c1-11(2)13(10-17-14-7-8-14)9-12-5-3-4-6-15(12)16/h3-6,11,13-14,17H,7-10H2,1-2H3. The average molecular weight is 235 g/mol. The monoisotopic (exact) mass is 235 g/mol. The molecule has 0 aromatic heterocycles. The van der Waals surface area contributed by atoms with E-state index in [0.717, 1.165) is 24.6 Å². The van der Waals surface area contributed by atoms with Crippen molar-refractivity contribution in [3.05, 3.63) is 35.6 Å². The number of rotatable bonds is 6. The van der Waals surface area contributed by atoms with Crippen LogP contribution in [0.1, 0.15) is 32.3 Å². The van der Waals surface area contributed by atoms with Gasteiger partial charge in [-0.1, -0.05) is 32.0 Å². The van der Waals surface area contributed by atoms with Crippen molar-refractivity contribution in [2.75, 3.05) is 6.54 Å². The van der Waals surface area contributed by atoms with Gasteiger partial charge < -0.3 is 5.32 Å². The SMILES string of the molecule is CC(C)C(CNC1CC1)Cc1ccccc1F. The molecule has 0 aliphatic heterocycles. The lowest BCUT2D eigenvalue weighted by Crippen LogP contribution is -2.29. The number of benzene rings is 1.